The Morgan fingerprint density at radius 2 is 1.76 bits per heavy atom. The standard InChI is InChI=1S/C19H17ClF3NO4S/c20-16-8-7-13(11-17(16)29(26,27)24-9-3-4-10-24)18(25)28-12-14-5-1-2-6-15(14)19(21,22)23/h1-2,5-8,11H,3-4,9-10,12H2. The first-order valence-electron chi connectivity index (χ1n) is 8.72. The largest absolute Gasteiger partial charge is 0.457 e. The van der Waals surface area contributed by atoms with Crippen molar-refractivity contribution in [3.05, 3.63) is 64.2 Å². The Morgan fingerprint density at radius 1 is 1.10 bits per heavy atom. The summed E-state index contributed by atoms with van der Waals surface area (Å²) in [4.78, 5) is 12.1. The molecule has 0 unspecified atom stereocenters. The van der Waals surface area contributed by atoms with Crippen molar-refractivity contribution in [3.63, 3.8) is 0 Å². The fraction of sp³-hybridized carbons (Fsp3) is 0.316. The van der Waals surface area contributed by atoms with Crippen LogP contribution in [0.2, 0.25) is 5.02 Å². The van der Waals surface area contributed by atoms with Crippen molar-refractivity contribution in [1.82, 2.24) is 4.31 Å². The van der Waals surface area contributed by atoms with Gasteiger partial charge in [0.25, 0.3) is 0 Å². The lowest BCUT2D eigenvalue weighted by Gasteiger charge is -2.17. The molecule has 0 saturated carbocycles. The monoisotopic (exact) mass is 447 g/mol. The van der Waals surface area contributed by atoms with Crippen molar-refractivity contribution in [2.24, 2.45) is 0 Å². The van der Waals surface area contributed by atoms with Gasteiger partial charge in [-0.05, 0) is 37.1 Å². The molecule has 0 bridgehead atoms. The van der Waals surface area contributed by atoms with Crippen LogP contribution in [-0.2, 0) is 27.5 Å². The smallest absolute Gasteiger partial charge is 0.416 e. The number of hydrogen-bond acceptors (Lipinski definition) is 4. The fourth-order valence-corrected chi connectivity index (χ4v) is 5.06. The number of alkyl halides is 3. The van der Waals surface area contributed by atoms with E-state index in [4.69, 9.17) is 16.3 Å². The highest BCUT2D eigenvalue weighted by Gasteiger charge is 2.33. The highest BCUT2D eigenvalue weighted by molar-refractivity contribution is 7.89. The third kappa shape index (κ3) is 4.73. The summed E-state index contributed by atoms with van der Waals surface area (Å²) in [5.41, 5.74) is -1.22. The number of benzene rings is 2. The second kappa shape index (κ2) is 8.33. The zero-order chi connectivity index (χ0) is 21.2. The molecule has 5 nitrogen and oxygen atoms in total. The van der Waals surface area contributed by atoms with E-state index in [2.05, 4.69) is 0 Å². The molecule has 0 radical (unpaired) electrons. The summed E-state index contributed by atoms with van der Waals surface area (Å²) < 4.78 is 70.9. The van der Waals surface area contributed by atoms with Crippen molar-refractivity contribution in [2.75, 3.05) is 13.1 Å². The number of rotatable bonds is 5. The average molecular weight is 448 g/mol. The zero-order valence-corrected chi connectivity index (χ0v) is 16.6. The number of ether oxygens (including phenoxy) is 1. The lowest BCUT2D eigenvalue weighted by molar-refractivity contribution is -0.138. The van der Waals surface area contributed by atoms with Crippen LogP contribution in [0.5, 0.6) is 0 Å². The molecule has 156 valence electrons. The summed E-state index contributed by atoms with van der Waals surface area (Å²) in [6.07, 6.45) is -3.12. The van der Waals surface area contributed by atoms with E-state index in [1.807, 2.05) is 0 Å². The minimum Gasteiger partial charge on any atom is -0.457 e. The quantitative estimate of drug-likeness (QED) is 0.633. The predicted octanol–water partition coefficient (Wildman–Crippen LogP) is 4.50. The first kappa shape index (κ1) is 21.6. The molecule has 0 spiro atoms. The Labute approximate surface area is 171 Å². The Bertz CT molecular complexity index is 1020. The van der Waals surface area contributed by atoms with Crippen molar-refractivity contribution in [1.29, 1.82) is 0 Å². The lowest BCUT2D eigenvalue weighted by atomic mass is 10.1. The number of carbonyl (C=O) groups excluding carboxylic acids is 1. The van der Waals surface area contributed by atoms with E-state index in [1.165, 1.54) is 34.6 Å². The molecular formula is C19H17ClF3NO4S. The fourth-order valence-electron chi connectivity index (χ4n) is 3.04. The van der Waals surface area contributed by atoms with E-state index in [0.29, 0.717) is 13.1 Å². The molecule has 0 atom stereocenters. The van der Waals surface area contributed by atoms with E-state index in [1.54, 1.807) is 0 Å². The van der Waals surface area contributed by atoms with E-state index in [9.17, 15) is 26.4 Å². The molecule has 2 aromatic rings. The molecule has 0 aromatic heterocycles. The van der Waals surface area contributed by atoms with Gasteiger partial charge < -0.3 is 4.74 Å². The van der Waals surface area contributed by atoms with Gasteiger partial charge in [-0.3, -0.25) is 0 Å². The van der Waals surface area contributed by atoms with Crippen LogP contribution in [-0.4, -0.2) is 31.8 Å². The van der Waals surface area contributed by atoms with E-state index >= 15 is 0 Å². The topological polar surface area (TPSA) is 63.7 Å². The van der Waals surface area contributed by atoms with Crippen LogP contribution in [0.1, 0.15) is 34.3 Å². The summed E-state index contributed by atoms with van der Waals surface area (Å²) >= 11 is 6.02. The highest BCUT2D eigenvalue weighted by Crippen LogP contribution is 2.32. The molecule has 1 saturated heterocycles. The third-order valence-corrected chi connectivity index (χ3v) is 6.91. The van der Waals surface area contributed by atoms with Gasteiger partial charge in [-0.15, -0.1) is 0 Å². The Morgan fingerprint density at radius 3 is 2.41 bits per heavy atom. The summed E-state index contributed by atoms with van der Waals surface area (Å²) in [5, 5.41) is -0.0455. The van der Waals surface area contributed by atoms with Gasteiger partial charge in [0.1, 0.15) is 11.5 Å². The molecule has 1 aliphatic rings. The van der Waals surface area contributed by atoms with Gasteiger partial charge in [0.15, 0.2) is 0 Å². The molecule has 3 rings (SSSR count). The summed E-state index contributed by atoms with van der Waals surface area (Å²) in [5.74, 6) is -0.948. The molecule has 1 heterocycles. The number of halogens is 4. The second-order valence-corrected chi connectivity index (χ2v) is 8.80. The maximum atomic E-state index is 13.0. The molecule has 0 N–H and O–H groups in total. The van der Waals surface area contributed by atoms with Gasteiger partial charge in [-0.25, -0.2) is 13.2 Å². The van der Waals surface area contributed by atoms with E-state index < -0.39 is 34.3 Å². The lowest BCUT2D eigenvalue weighted by Crippen LogP contribution is -2.28. The van der Waals surface area contributed by atoms with Crippen molar-refractivity contribution < 1.29 is 31.1 Å². The van der Waals surface area contributed by atoms with E-state index in [0.717, 1.165) is 25.0 Å². The third-order valence-electron chi connectivity index (χ3n) is 4.53. The van der Waals surface area contributed by atoms with Gasteiger partial charge in [-0.2, -0.15) is 17.5 Å². The number of esters is 1. The molecule has 0 amide bonds. The van der Waals surface area contributed by atoms with Crippen molar-refractivity contribution in [3.8, 4) is 0 Å². The number of nitrogens with zero attached hydrogens (tertiary/aromatic N) is 1. The van der Waals surface area contributed by atoms with Crippen LogP contribution < -0.4 is 0 Å². The summed E-state index contributed by atoms with van der Waals surface area (Å²) in [7, 11) is -3.87. The predicted molar refractivity (Wildman–Crippen MR) is 100 cm³/mol. The molecular weight excluding hydrogens is 431 g/mol. The normalized spacial score (nSPS) is 15.4. The van der Waals surface area contributed by atoms with Gasteiger partial charge in [0.2, 0.25) is 10.0 Å². The van der Waals surface area contributed by atoms with Crippen LogP contribution >= 0.6 is 11.6 Å². The Balaban J connectivity index is 1.81. The van der Waals surface area contributed by atoms with Gasteiger partial charge in [-0.1, -0.05) is 29.8 Å². The first-order valence-corrected chi connectivity index (χ1v) is 10.5. The summed E-state index contributed by atoms with van der Waals surface area (Å²) in [6, 6.07) is 8.36. The first-order chi connectivity index (χ1) is 13.6. The average Bonchev–Trinajstić information content (AvgIpc) is 3.21. The second-order valence-electron chi connectivity index (χ2n) is 6.49. The van der Waals surface area contributed by atoms with Gasteiger partial charge in [0.05, 0.1) is 16.1 Å². The summed E-state index contributed by atoms with van der Waals surface area (Å²) in [6.45, 7) is 0.120. The van der Waals surface area contributed by atoms with Crippen LogP contribution in [0.4, 0.5) is 13.2 Å². The van der Waals surface area contributed by atoms with Crippen LogP contribution in [0.25, 0.3) is 0 Å². The SMILES string of the molecule is O=C(OCc1ccccc1C(F)(F)F)c1ccc(Cl)c(S(=O)(=O)N2CCCC2)c1. The number of carbonyl (C=O) groups is 1. The molecule has 10 heteroatoms. The maximum absolute atomic E-state index is 13.0. The Kier molecular flexibility index (Phi) is 6.21. The number of sulfonamides is 1. The number of hydrogen-bond donors (Lipinski definition) is 0. The highest BCUT2D eigenvalue weighted by atomic mass is 35.5. The molecule has 0 aliphatic carbocycles. The van der Waals surface area contributed by atoms with Crippen LogP contribution in [0.15, 0.2) is 47.4 Å². The maximum Gasteiger partial charge on any atom is 0.416 e. The molecule has 2 aromatic carbocycles. The van der Waals surface area contributed by atoms with Crippen LogP contribution in [0.3, 0.4) is 0 Å². The zero-order valence-electron chi connectivity index (χ0n) is 15.1. The minimum atomic E-state index is -4.58. The van der Waals surface area contributed by atoms with E-state index in [-0.39, 0.29) is 21.0 Å². The van der Waals surface area contributed by atoms with Gasteiger partial charge in [0, 0.05) is 18.7 Å². The van der Waals surface area contributed by atoms with Gasteiger partial charge >= 0.3 is 12.1 Å². The molecule has 29 heavy (non-hydrogen) atoms. The molecule has 1 aliphatic heterocycles. The van der Waals surface area contributed by atoms with Crippen molar-refractivity contribution in [2.45, 2.75) is 30.5 Å². The minimum absolute atomic E-state index is 0.0455. The molecule has 1 fully saturated rings. The Hall–Kier alpha value is -2.10. The van der Waals surface area contributed by atoms with Crippen LogP contribution in [0, 0.1) is 0 Å². The van der Waals surface area contributed by atoms with Crippen molar-refractivity contribution >= 4 is 27.6 Å².